The summed E-state index contributed by atoms with van der Waals surface area (Å²) in [6.07, 6.45) is 3.12. The van der Waals surface area contributed by atoms with Crippen LogP contribution in [0.4, 0.5) is 0 Å². The molecule has 1 heterocycles. The van der Waals surface area contributed by atoms with Gasteiger partial charge in [-0.2, -0.15) is 0 Å². The van der Waals surface area contributed by atoms with Crippen molar-refractivity contribution >= 4 is 11.8 Å². The van der Waals surface area contributed by atoms with Gasteiger partial charge >= 0.3 is 0 Å². The molecule has 1 aromatic heterocycles. The Morgan fingerprint density at radius 1 is 1.16 bits per heavy atom. The molecule has 6 heteroatoms. The predicted octanol–water partition coefficient (Wildman–Crippen LogP) is 1.73. The number of pyridine rings is 1. The van der Waals surface area contributed by atoms with Crippen LogP contribution < -0.4 is 15.4 Å². The first-order valence-corrected chi connectivity index (χ1v) is 8.19. The maximum absolute atomic E-state index is 12.9. The number of methoxy groups -OCH3 is 1. The number of benzene rings is 1. The topological polar surface area (TPSA) is 80.3 Å². The SMILES string of the molecule is CNC(=O)C(NC(=O)C1(c2ccc(OC)cc2)CC1)c1ccccn1. The monoisotopic (exact) mass is 339 g/mol. The fourth-order valence-corrected chi connectivity index (χ4v) is 2.92. The number of amides is 2. The quantitative estimate of drug-likeness (QED) is 0.840. The summed E-state index contributed by atoms with van der Waals surface area (Å²) in [6, 6.07) is 12.0. The lowest BCUT2D eigenvalue weighted by molar-refractivity contribution is -0.130. The standard InChI is InChI=1S/C19H21N3O3/c1-20-17(23)16(15-5-3-4-12-21-15)22-18(24)19(10-11-19)13-6-8-14(25-2)9-7-13/h3-9,12,16H,10-11H2,1-2H3,(H,20,23)(H,22,24). The van der Waals surface area contributed by atoms with E-state index >= 15 is 0 Å². The molecular weight excluding hydrogens is 318 g/mol. The third-order valence-electron chi connectivity index (χ3n) is 4.59. The third kappa shape index (κ3) is 3.33. The van der Waals surface area contributed by atoms with E-state index in [1.165, 1.54) is 0 Å². The number of ether oxygens (including phenoxy) is 1. The second-order valence-corrected chi connectivity index (χ2v) is 6.09. The van der Waals surface area contributed by atoms with Crippen LogP contribution >= 0.6 is 0 Å². The zero-order valence-corrected chi connectivity index (χ0v) is 14.3. The number of rotatable bonds is 6. The molecule has 1 atom stereocenters. The summed E-state index contributed by atoms with van der Waals surface area (Å²) < 4.78 is 5.17. The van der Waals surface area contributed by atoms with E-state index < -0.39 is 11.5 Å². The second-order valence-electron chi connectivity index (χ2n) is 6.09. The maximum Gasteiger partial charge on any atom is 0.248 e. The summed E-state index contributed by atoms with van der Waals surface area (Å²) >= 11 is 0. The first kappa shape index (κ1) is 17.0. The van der Waals surface area contributed by atoms with E-state index in [9.17, 15) is 9.59 Å². The van der Waals surface area contributed by atoms with E-state index in [1.54, 1.807) is 38.6 Å². The minimum Gasteiger partial charge on any atom is -0.497 e. The first-order valence-electron chi connectivity index (χ1n) is 8.19. The van der Waals surface area contributed by atoms with E-state index in [2.05, 4.69) is 15.6 Å². The fraction of sp³-hybridized carbons (Fsp3) is 0.316. The number of hydrogen-bond acceptors (Lipinski definition) is 4. The molecular formula is C19H21N3O3. The Labute approximate surface area is 146 Å². The zero-order chi connectivity index (χ0) is 17.9. The van der Waals surface area contributed by atoms with Crippen molar-refractivity contribution < 1.29 is 14.3 Å². The average molecular weight is 339 g/mol. The van der Waals surface area contributed by atoms with Crippen molar-refractivity contribution in [1.82, 2.24) is 15.6 Å². The van der Waals surface area contributed by atoms with Crippen molar-refractivity contribution in [2.75, 3.05) is 14.2 Å². The minimum atomic E-state index is -0.811. The van der Waals surface area contributed by atoms with Gasteiger partial charge in [-0.15, -0.1) is 0 Å². The van der Waals surface area contributed by atoms with Crippen molar-refractivity contribution in [1.29, 1.82) is 0 Å². The first-order chi connectivity index (χ1) is 12.1. The highest BCUT2D eigenvalue weighted by molar-refractivity contribution is 5.95. The van der Waals surface area contributed by atoms with Gasteiger partial charge in [-0.05, 0) is 42.7 Å². The molecule has 0 radical (unpaired) electrons. The van der Waals surface area contributed by atoms with Gasteiger partial charge in [0, 0.05) is 13.2 Å². The van der Waals surface area contributed by atoms with Crippen LogP contribution in [0.5, 0.6) is 5.75 Å². The summed E-state index contributed by atoms with van der Waals surface area (Å²) in [5.41, 5.74) is 0.871. The van der Waals surface area contributed by atoms with Crippen molar-refractivity contribution in [3.05, 3.63) is 59.9 Å². The molecule has 6 nitrogen and oxygen atoms in total. The lowest BCUT2D eigenvalue weighted by atomic mass is 9.94. The smallest absolute Gasteiger partial charge is 0.248 e. The lowest BCUT2D eigenvalue weighted by Crippen LogP contribution is -2.43. The normalized spacial score (nSPS) is 15.8. The molecule has 0 saturated heterocycles. The van der Waals surface area contributed by atoms with Crippen LogP contribution in [0.25, 0.3) is 0 Å². The minimum absolute atomic E-state index is 0.156. The number of likely N-dealkylation sites (N-methyl/N-ethyl adjacent to an activating group) is 1. The number of aromatic nitrogens is 1. The number of hydrogen-bond donors (Lipinski definition) is 2. The van der Waals surface area contributed by atoms with Gasteiger partial charge in [-0.25, -0.2) is 0 Å². The molecule has 0 bridgehead atoms. The van der Waals surface area contributed by atoms with Crippen molar-refractivity contribution in [3.63, 3.8) is 0 Å². The lowest BCUT2D eigenvalue weighted by Gasteiger charge is -2.21. The maximum atomic E-state index is 12.9. The zero-order valence-electron chi connectivity index (χ0n) is 14.3. The number of carbonyl (C=O) groups excluding carboxylic acids is 2. The Balaban J connectivity index is 1.82. The van der Waals surface area contributed by atoms with Gasteiger partial charge in [0.25, 0.3) is 0 Å². The summed E-state index contributed by atoms with van der Waals surface area (Å²) in [5.74, 6) is 0.297. The summed E-state index contributed by atoms with van der Waals surface area (Å²) in [5, 5.41) is 5.45. The Bertz CT molecular complexity index is 755. The van der Waals surface area contributed by atoms with Gasteiger partial charge in [-0.3, -0.25) is 14.6 Å². The molecule has 2 amide bonds. The van der Waals surface area contributed by atoms with Gasteiger partial charge in [0.05, 0.1) is 18.2 Å². The van der Waals surface area contributed by atoms with Crippen LogP contribution in [0.1, 0.15) is 30.1 Å². The number of carbonyl (C=O) groups is 2. The molecule has 2 aromatic rings. The number of nitrogens with one attached hydrogen (secondary N) is 2. The summed E-state index contributed by atoms with van der Waals surface area (Å²) in [6.45, 7) is 0. The third-order valence-corrected chi connectivity index (χ3v) is 4.59. The fourth-order valence-electron chi connectivity index (χ4n) is 2.92. The predicted molar refractivity (Wildman–Crippen MR) is 93.1 cm³/mol. The highest BCUT2D eigenvalue weighted by Crippen LogP contribution is 2.49. The molecule has 1 aromatic carbocycles. The molecule has 2 N–H and O–H groups in total. The molecule has 0 spiro atoms. The van der Waals surface area contributed by atoms with Gasteiger partial charge in [-0.1, -0.05) is 18.2 Å². The molecule has 1 unspecified atom stereocenters. The Morgan fingerprint density at radius 3 is 2.40 bits per heavy atom. The molecule has 1 fully saturated rings. The van der Waals surface area contributed by atoms with Crippen molar-refractivity contribution in [2.24, 2.45) is 0 Å². The summed E-state index contributed by atoms with van der Waals surface area (Å²) in [4.78, 5) is 29.4. The van der Waals surface area contributed by atoms with Crippen LogP contribution in [0, 0.1) is 0 Å². The van der Waals surface area contributed by atoms with Gasteiger partial charge in [0.2, 0.25) is 11.8 Å². The van der Waals surface area contributed by atoms with Crippen LogP contribution in [0.3, 0.4) is 0 Å². The largest absolute Gasteiger partial charge is 0.497 e. The van der Waals surface area contributed by atoms with E-state index in [1.807, 2.05) is 24.3 Å². The highest BCUT2D eigenvalue weighted by Gasteiger charge is 2.52. The summed E-state index contributed by atoms with van der Waals surface area (Å²) in [7, 11) is 3.15. The molecule has 1 saturated carbocycles. The van der Waals surface area contributed by atoms with Crippen LogP contribution in [0.15, 0.2) is 48.7 Å². The number of nitrogens with zero attached hydrogens (tertiary/aromatic N) is 1. The van der Waals surface area contributed by atoms with Crippen molar-refractivity contribution in [3.8, 4) is 5.75 Å². The van der Waals surface area contributed by atoms with E-state index in [4.69, 9.17) is 4.74 Å². The van der Waals surface area contributed by atoms with E-state index in [0.29, 0.717) is 5.69 Å². The molecule has 130 valence electrons. The van der Waals surface area contributed by atoms with Gasteiger partial charge in [0.1, 0.15) is 5.75 Å². The molecule has 1 aliphatic carbocycles. The van der Waals surface area contributed by atoms with Gasteiger partial charge in [0.15, 0.2) is 6.04 Å². The Morgan fingerprint density at radius 2 is 1.88 bits per heavy atom. The van der Waals surface area contributed by atoms with Gasteiger partial charge < -0.3 is 15.4 Å². The molecule has 25 heavy (non-hydrogen) atoms. The van der Waals surface area contributed by atoms with E-state index in [0.717, 1.165) is 24.2 Å². The molecule has 1 aliphatic rings. The van der Waals surface area contributed by atoms with Crippen LogP contribution in [-0.4, -0.2) is 31.0 Å². The average Bonchev–Trinajstić information content (AvgIpc) is 3.48. The molecule has 3 rings (SSSR count). The van der Waals surface area contributed by atoms with E-state index in [-0.39, 0.29) is 11.8 Å². The molecule has 0 aliphatic heterocycles. The Kier molecular flexibility index (Phi) is 4.70. The Hall–Kier alpha value is -2.89. The van der Waals surface area contributed by atoms with Crippen molar-refractivity contribution in [2.45, 2.75) is 24.3 Å². The highest BCUT2D eigenvalue weighted by atomic mass is 16.5. The van der Waals surface area contributed by atoms with Crippen LogP contribution in [-0.2, 0) is 15.0 Å². The second kappa shape index (κ2) is 6.93. The van der Waals surface area contributed by atoms with Crippen LogP contribution in [0.2, 0.25) is 0 Å².